The lowest BCUT2D eigenvalue weighted by Gasteiger charge is -2.13. The van der Waals surface area contributed by atoms with Crippen LogP contribution in [0, 0.1) is 11.3 Å². The molecule has 0 atom stereocenters. The number of nitrogens with one attached hydrogen (secondary N) is 2. The molecule has 0 aliphatic carbocycles. The predicted molar refractivity (Wildman–Crippen MR) is 109 cm³/mol. The topological polar surface area (TPSA) is 76.9 Å². The quantitative estimate of drug-likeness (QED) is 0.670. The number of nitrogens with zero attached hydrogens (tertiary/aromatic N) is 4. The Balaban J connectivity index is 1.93. The number of likely N-dealkylation sites (N-methyl/N-ethyl adjacent to an activating group) is 1. The van der Waals surface area contributed by atoms with Gasteiger partial charge in [-0.05, 0) is 26.2 Å². The molecule has 1 aromatic heterocycles. The van der Waals surface area contributed by atoms with Crippen LogP contribution in [0.3, 0.4) is 0 Å². The van der Waals surface area contributed by atoms with E-state index in [4.69, 9.17) is 0 Å². The number of rotatable bonds is 7. The van der Waals surface area contributed by atoms with Crippen LogP contribution in [-0.4, -0.2) is 42.1 Å². The van der Waals surface area contributed by atoms with Crippen LogP contribution in [0.4, 0.5) is 17.5 Å². The van der Waals surface area contributed by atoms with E-state index in [1.807, 2.05) is 68.7 Å². The van der Waals surface area contributed by atoms with Crippen LogP contribution in [0.1, 0.15) is 5.56 Å². The fourth-order valence-electron chi connectivity index (χ4n) is 2.57. The van der Waals surface area contributed by atoms with Crippen LogP contribution in [0.25, 0.3) is 11.3 Å². The summed E-state index contributed by atoms with van der Waals surface area (Å²) in [5, 5.41) is 15.8. The minimum Gasteiger partial charge on any atom is -0.353 e. The van der Waals surface area contributed by atoms with Gasteiger partial charge in [0.2, 0.25) is 5.95 Å². The average molecular weight is 358 g/mol. The second-order valence-corrected chi connectivity index (χ2v) is 6.34. The molecule has 0 amide bonds. The molecule has 27 heavy (non-hydrogen) atoms. The summed E-state index contributed by atoms with van der Waals surface area (Å²) in [6.45, 7) is 1.61. The summed E-state index contributed by atoms with van der Waals surface area (Å²) in [5.41, 5.74) is 3.11. The summed E-state index contributed by atoms with van der Waals surface area (Å²) in [7, 11) is 4.05. The third-order valence-corrected chi connectivity index (χ3v) is 3.95. The van der Waals surface area contributed by atoms with Gasteiger partial charge in [-0.25, -0.2) is 4.98 Å². The zero-order valence-corrected chi connectivity index (χ0v) is 15.5. The lowest BCUT2D eigenvalue weighted by atomic mass is 10.1. The number of nitriles is 1. The Bertz CT molecular complexity index is 931. The number of aromatic nitrogens is 2. The van der Waals surface area contributed by atoms with Crippen molar-refractivity contribution in [1.29, 1.82) is 5.26 Å². The maximum atomic E-state index is 9.31. The summed E-state index contributed by atoms with van der Waals surface area (Å²) < 4.78 is 0. The third kappa shape index (κ3) is 5.03. The molecule has 136 valence electrons. The first-order valence-corrected chi connectivity index (χ1v) is 8.75. The van der Waals surface area contributed by atoms with Gasteiger partial charge < -0.3 is 15.5 Å². The van der Waals surface area contributed by atoms with Crippen LogP contribution in [-0.2, 0) is 0 Å². The lowest BCUT2D eigenvalue weighted by molar-refractivity contribution is 0.425. The van der Waals surface area contributed by atoms with E-state index in [-0.39, 0.29) is 0 Å². The highest BCUT2D eigenvalue weighted by atomic mass is 15.2. The smallest absolute Gasteiger partial charge is 0.225 e. The highest BCUT2D eigenvalue weighted by Gasteiger charge is 2.09. The first-order chi connectivity index (χ1) is 13.2. The molecule has 0 aliphatic heterocycles. The van der Waals surface area contributed by atoms with E-state index >= 15 is 0 Å². The molecular weight excluding hydrogens is 336 g/mol. The van der Waals surface area contributed by atoms with Crippen molar-refractivity contribution < 1.29 is 0 Å². The van der Waals surface area contributed by atoms with E-state index in [0.29, 0.717) is 17.3 Å². The van der Waals surface area contributed by atoms with E-state index in [0.717, 1.165) is 30.0 Å². The second-order valence-electron chi connectivity index (χ2n) is 6.34. The SMILES string of the molecule is CN(C)CCNc1nc(Nc2ccccc2C#N)cc(-c2ccccc2)n1. The molecule has 2 N–H and O–H groups in total. The van der Waals surface area contributed by atoms with Crippen molar-refractivity contribution in [3.05, 3.63) is 66.2 Å². The van der Waals surface area contributed by atoms with Crippen LogP contribution >= 0.6 is 0 Å². The van der Waals surface area contributed by atoms with Crippen LogP contribution < -0.4 is 10.6 Å². The lowest BCUT2D eigenvalue weighted by Crippen LogP contribution is -2.21. The Hall–Kier alpha value is -3.43. The molecule has 0 aliphatic rings. The molecule has 0 spiro atoms. The van der Waals surface area contributed by atoms with Gasteiger partial charge >= 0.3 is 0 Å². The van der Waals surface area contributed by atoms with Crippen molar-refractivity contribution in [2.75, 3.05) is 37.8 Å². The van der Waals surface area contributed by atoms with E-state index in [1.54, 1.807) is 6.07 Å². The van der Waals surface area contributed by atoms with Crippen molar-refractivity contribution in [2.45, 2.75) is 0 Å². The van der Waals surface area contributed by atoms with E-state index < -0.39 is 0 Å². The molecular formula is C21H22N6. The summed E-state index contributed by atoms with van der Waals surface area (Å²) in [4.78, 5) is 11.3. The Kier molecular flexibility index (Phi) is 5.98. The van der Waals surface area contributed by atoms with Gasteiger partial charge in [-0.1, -0.05) is 42.5 Å². The van der Waals surface area contributed by atoms with Gasteiger partial charge in [0.15, 0.2) is 0 Å². The van der Waals surface area contributed by atoms with Gasteiger partial charge in [0.05, 0.1) is 16.9 Å². The number of hydrogen-bond acceptors (Lipinski definition) is 6. The Labute approximate surface area is 159 Å². The minimum absolute atomic E-state index is 0.551. The van der Waals surface area contributed by atoms with Crippen molar-refractivity contribution in [3.8, 4) is 17.3 Å². The molecule has 0 bridgehead atoms. The molecule has 6 nitrogen and oxygen atoms in total. The largest absolute Gasteiger partial charge is 0.353 e. The van der Waals surface area contributed by atoms with E-state index in [9.17, 15) is 5.26 Å². The maximum absolute atomic E-state index is 9.31. The molecule has 3 rings (SSSR count). The standard InChI is InChI=1S/C21H22N6/c1-27(2)13-12-23-21-25-19(16-8-4-3-5-9-16)14-20(26-21)24-18-11-7-6-10-17(18)15-22/h3-11,14H,12-13H2,1-2H3,(H2,23,24,25,26). The zero-order chi connectivity index (χ0) is 19.1. The highest BCUT2D eigenvalue weighted by Crippen LogP contribution is 2.24. The van der Waals surface area contributed by atoms with Gasteiger partial charge in [0, 0.05) is 24.7 Å². The van der Waals surface area contributed by atoms with E-state index in [2.05, 4.69) is 31.6 Å². The van der Waals surface area contributed by atoms with Crippen LogP contribution in [0.2, 0.25) is 0 Å². The van der Waals surface area contributed by atoms with Crippen LogP contribution in [0.15, 0.2) is 60.7 Å². The maximum Gasteiger partial charge on any atom is 0.225 e. The average Bonchev–Trinajstić information content (AvgIpc) is 2.69. The van der Waals surface area contributed by atoms with Gasteiger partial charge in [-0.3, -0.25) is 0 Å². The van der Waals surface area contributed by atoms with Crippen molar-refractivity contribution >= 4 is 17.5 Å². The van der Waals surface area contributed by atoms with Crippen molar-refractivity contribution in [2.24, 2.45) is 0 Å². The Morgan fingerprint density at radius 2 is 1.74 bits per heavy atom. The molecule has 2 aromatic carbocycles. The van der Waals surface area contributed by atoms with Gasteiger partial charge in [0.1, 0.15) is 11.9 Å². The van der Waals surface area contributed by atoms with Gasteiger partial charge in [-0.2, -0.15) is 10.2 Å². The second kappa shape index (κ2) is 8.79. The molecule has 0 fully saturated rings. The third-order valence-electron chi connectivity index (χ3n) is 3.95. The molecule has 0 radical (unpaired) electrons. The van der Waals surface area contributed by atoms with E-state index in [1.165, 1.54) is 0 Å². The van der Waals surface area contributed by atoms with Gasteiger partial charge in [0.25, 0.3) is 0 Å². The molecule has 0 saturated heterocycles. The predicted octanol–water partition coefficient (Wildman–Crippen LogP) is 3.73. The summed E-state index contributed by atoms with van der Waals surface area (Å²) in [5.74, 6) is 1.19. The summed E-state index contributed by atoms with van der Waals surface area (Å²) in [6.07, 6.45) is 0. The van der Waals surface area contributed by atoms with Crippen molar-refractivity contribution in [3.63, 3.8) is 0 Å². The fourth-order valence-corrected chi connectivity index (χ4v) is 2.57. The normalized spacial score (nSPS) is 10.4. The van der Waals surface area contributed by atoms with Crippen molar-refractivity contribution in [1.82, 2.24) is 14.9 Å². The monoisotopic (exact) mass is 358 g/mol. The molecule has 3 aromatic rings. The number of hydrogen-bond donors (Lipinski definition) is 2. The number of para-hydroxylation sites is 1. The number of benzene rings is 2. The Morgan fingerprint density at radius 1 is 1.00 bits per heavy atom. The fraction of sp³-hybridized carbons (Fsp3) is 0.190. The summed E-state index contributed by atoms with van der Waals surface area (Å²) >= 11 is 0. The van der Waals surface area contributed by atoms with Crippen LogP contribution in [0.5, 0.6) is 0 Å². The molecule has 0 saturated carbocycles. The van der Waals surface area contributed by atoms with Gasteiger partial charge in [-0.15, -0.1) is 0 Å². The first kappa shape index (κ1) is 18.4. The Morgan fingerprint density at radius 3 is 2.48 bits per heavy atom. The first-order valence-electron chi connectivity index (χ1n) is 8.75. The highest BCUT2D eigenvalue weighted by molar-refractivity contribution is 5.69. The summed E-state index contributed by atoms with van der Waals surface area (Å²) in [6, 6.07) is 21.4. The molecule has 1 heterocycles. The molecule has 0 unspecified atom stereocenters. The molecule has 6 heteroatoms. The number of anilines is 3. The zero-order valence-electron chi connectivity index (χ0n) is 15.5. The minimum atomic E-state index is 0.551.